The first-order valence-corrected chi connectivity index (χ1v) is 15.6. The maximum absolute atomic E-state index is 13.9. The Kier molecular flexibility index (Phi) is 8.54. The second-order valence-electron chi connectivity index (χ2n) is 12.4. The van der Waals surface area contributed by atoms with Crippen LogP contribution in [0.3, 0.4) is 0 Å². The summed E-state index contributed by atoms with van der Waals surface area (Å²) in [5, 5.41) is 16.2. The summed E-state index contributed by atoms with van der Waals surface area (Å²) in [7, 11) is 4.07. The first-order valence-electron chi connectivity index (χ1n) is 15.6. The first-order chi connectivity index (χ1) is 21.7. The number of pyridine rings is 1. The maximum Gasteiger partial charge on any atom is 0.328 e. The van der Waals surface area contributed by atoms with Crippen LogP contribution in [0.25, 0.3) is 28.2 Å². The molecule has 0 atom stereocenters. The minimum Gasteiger partial charge on any atom is -0.478 e. The quantitative estimate of drug-likeness (QED) is 0.218. The lowest BCUT2D eigenvalue weighted by atomic mass is 9.86. The van der Waals surface area contributed by atoms with Gasteiger partial charge < -0.3 is 25.2 Å². The topological polar surface area (TPSA) is 117 Å². The molecule has 45 heavy (non-hydrogen) atoms. The van der Waals surface area contributed by atoms with Gasteiger partial charge in [0.2, 0.25) is 5.91 Å². The van der Waals surface area contributed by atoms with E-state index >= 15 is 0 Å². The van der Waals surface area contributed by atoms with Crippen LogP contribution in [-0.2, 0) is 16.6 Å². The number of nitrogens with zero attached hydrogens (tertiary/aromatic N) is 3. The molecule has 2 aromatic heterocycles. The minimum atomic E-state index is -1.08. The predicted octanol–water partition coefficient (Wildman–Crippen LogP) is 5.83. The number of carbonyl (C=O) groups is 3. The summed E-state index contributed by atoms with van der Waals surface area (Å²) >= 11 is 0. The smallest absolute Gasteiger partial charge is 0.328 e. The fourth-order valence-corrected chi connectivity index (χ4v) is 6.89. The third-order valence-corrected chi connectivity index (χ3v) is 9.43. The van der Waals surface area contributed by atoms with Crippen molar-refractivity contribution in [1.82, 2.24) is 19.8 Å². The number of nitrogens with one attached hydrogen (secondary N) is 2. The second kappa shape index (κ2) is 12.7. The van der Waals surface area contributed by atoms with Gasteiger partial charge in [-0.2, -0.15) is 0 Å². The van der Waals surface area contributed by atoms with Gasteiger partial charge in [-0.15, -0.1) is 0 Å². The van der Waals surface area contributed by atoms with Gasteiger partial charge in [0.25, 0.3) is 5.91 Å². The van der Waals surface area contributed by atoms with E-state index in [0.717, 1.165) is 30.0 Å². The number of amides is 2. The maximum atomic E-state index is 13.9. The van der Waals surface area contributed by atoms with Crippen LogP contribution < -0.4 is 10.6 Å². The molecule has 4 aromatic rings. The summed E-state index contributed by atoms with van der Waals surface area (Å²) in [6.45, 7) is 1.34. The Morgan fingerprint density at radius 3 is 2.31 bits per heavy atom. The average Bonchev–Trinajstić information content (AvgIpc) is 3.68. The van der Waals surface area contributed by atoms with E-state index in [1.54, 1.807) is 24.3 Å². The molecule has 0 radical (unpaired) electrons. The van der Waals surface area contributed by atoms with Crippen LogP contribution in [0, 0.1) is 0 Å². The summed E-state index contributed by atoms with van der Waals surface area (Å²) < 4.78 is 2.20. The highest BCUT2D eigenvalue weighted by atomic mass is 16.4. The normalized spacial score (nSPS) is 17.1. The lowest BCUT2D eigenvalue weighted by Crippen LogP contribution is -2.61. The summed E-state index contributed by atoms with van der Waals surface area (Å²) in [6, 6.07) is 16.9. The minimum absolute atomic E-state index is 0.263. The molecule has 2 fully saturated rings. The highest BCUT2D eigenvalue weighted by Gasteiger charge is 2.42. The van der Waals surface area contributed by atoms with Crippen molar-refractivity contribution in [2.45, 2.75) is 50.0 Å². The first kappa shape index (κ1) is 30.3. The van der Waals surface area contributed by atoms with Crippen molar-refractivity contribution in [1.29, 1.82) is 0 Å². The molecular formula is C36H39N5O4. The van der Waals surface area contributed by atoms with Gasteiger partial charge in [-0.05, 0) is 92.2 Å². The number of carbonyl (C=O) groups excluding carboxylic acids is 2. The molecule has 0 unspecified atom stereocenters. The Morgan fingerprint density at radius 2 is 1.64 bits per heavy atom. The second-order valence-corrected chi connectivity index (χ2v) is 12.4. The number of rotatable bonds is 8. The van der Waals surface area contributed by atoms with Crippen molar-refractivity contribution in [2.75, 3.05) is 25.5 Å². The molecule has 3 heterocycles. The van der Waals surface area contributed by atoms with Gasteiger partial charge in [-0.25, -0.2) is 4.79 Å². The third-order valence-electron chi connectivity index (χ3n) is 9.43. The standard InChI is InChI=1S/C36H39N5O4/c1-40-21-17-36(18-22-40,35(45)38-28-11-7-24(8-12-28)9-14-31(42)43)39-34(44)27-10-13-29-30(23-27)41(2)33(26-15-19-37-20-16-26)32(29)25-5-3-4-6-25/h7-16,19-20,23,25H,3-6,17-18,21-22H2,1-2H3,(H,38,45)(H,39,44)(H,42,43)/b14-9+. The Labute approximate surface area is 263 Å². The molecule has 2 aliphatic rings. The van der Waals surface area contributed by atoms with Crippen molar-refractivity contribution in [3.8, 4) is 11.3 Å². The van der Waals surface area contributed by atoms with Crippen LogP contribution in [0.4, 0.5) is 5.69 Å². The number of piperidine rings is 1. The number of benzene rings is 2. The van der Waals surface area contributed by atoms with E-state index in [0.29, 0.717) is 48.7 Å². The lowest BCUT2D eigenvalue weighted by Gasteiger charge is -2.40. The van der Waals surface area contributed by atoms with Crippen molar-refractivity contribution in [3.05, 3.63) is 89.8 Å². The fraction of sp³-hybridized carbons (Fsp3) is 0.333. The van der Waals surface area contributed by atoms with E-state index < -0.39 is 11.5 Å². The van der Waals surface area contributed by atoms with E-state index in [9.17, 15) is 14.4 Å². The van der Waals surface area contributed by atoms with Crippen molar-refractivity contribution < 1.29 is 19.5 Å². The number of carboxylic acids is 1. The van der Waals surface area contributed by atoms with E-state index in [2.05, 4.69) is 38.2 Å². The molecule has 2 amide bonds. The molecule has 0 bridgehead atoms. The number of hydrogen-bond acceptors (Lipinski definition) is 5. The number of anilines is 1. The van der Waals surface area contributed by atoms with Crippen LogP contribution in [0.2, 0.25) is 0 Å². The number of hydrogen-bond donors (Lipinski definition) is 3. The van der Waals surface area contributed by atoms with Gasteiger partial charge in [-0.3, -0.25) is 14.6 Å². The zero-order valence-corrected chi connectivity index (χ0v) is 25.8. The van der Waals surface area contributed by atoms with Crippen molar-refractivity contribution >= 4 is 40.4 Å². The number of aryl methyl sites for hydroxylation is 1. The fourth-order valence-electron chi connectivity index (χ4n) is 6.89. The molecule has 0 spiro atoms. The highest BCUT2D eigenvalue weighted by Crippen LogP contribution is 2.44. The van der Waals surface area contributed by atoms with Crippen molar-refractivity contribution in [3.63, 3.8) is 0 Å². The molecule has 1 saturated carbocycles. The van der Waals surface area contributed by atoms with Crippen LogP contribution in [0.1, 0.15) is 65.9 Å². The molecule has 2 aromatic carbocycles. The molecule has 1 saturated heterocycles. The Bertz CT molecular complexity index is 1750. The average molecular weight is 606 g/mol. The van der Waals surface area contributed by atoms with Crippen LogP contribution in [-0.4, -0.2) is 63.0 Å². The van der Waals surface area contributed by atoms with Gasteiger partial charge in [0.05, 0.1) is 5.69 Å². The molecule has 9 heteroatoms. The zero-order chi connectivity index (χ0) is 31.6. The molecule has 9 nitrogen and oxygen atoms in total. The van der Waals surface area contributed by atoms with Crippen LogP contribution >= 0.6 is 0 Å². The van der Waals surface area contributed by atoms with E-state index in [1.807, 2.05) is 43.7 Å². The van der Waals surface area contributed by atoms with Gasteiger partial charge in [0.1, 0.15) is 5.54 Å². The van der Waals surface area contributed by atoms with Gasteiger partial charge in [0.15, 0.2) is 0 Å². The van der Waals surface area contributed by atoms with Gasteiger partial charge in [0, 0.05) is 66.3 Å². The monoisotopic (exact) mass is 605 g/mol. The molecule has 1 aliphatic carbocycles. The Morgan fingerprint density at radius 1 is 0.956 bits per heavy atom. The summed E-state index contributed by atoms with van der Waals surface area (Å²) in [5.74, 6) is -1.09. The van der Waals surface area contributed by atoms with Crippen molar-refractivity contribution in [2.24, 2.45) is 7.05 Å². The van der Waals surface area contributed by atoms with E-state index in [4.69, 9.17) is 5.11 Å². The molecular weight excluding hydrogens is 566 g/mol. The SMILES string of the molecule is CN1CCC(NC(=O)c2ccc3c(C4CCCC4)c(-c4ccncc4)n(C)c3c2)(C(=O)Nc2ccc(/C=C/C(=O)O)cc2)CC1. The summed E-state index contributed by atoms with van der Waals surface area (Å²) in [6.07, 6.45) is 11.9. The highest BCUT2D eigenvalue weighted by molar-refractivity contribution is 6.05. The van der Waals surface area contributed by atoms with Gasteiger partial charge in [-0.1, -0.05) is 31.0 Å². The predicted molar refractivity (Wildman–Crippen MR) is 176 cm³/mol. The summed E-state index contributed by atoms with van der Waals surface area (Å²) in [5.41, 5.74) is 5.35. The number of aliphatic carboxylic acids is 1. The molecule has 3 N–H and O–H groups in total. The Balaban J connectivity index is 1.29. The van der Waals surface area contributed by atoms with Crippen LogP contribution in [0.15, 0.2) is 73.1 Å². The largest absolute Gasteiger partial charge is 0.478 e. The zero-order valence-electron chi connectivity index (χ0n) is 25.8. The number of likely N-dealkylation sites (tertiary alicyclic amines) is 1. The summed E-state index contributed by atoms with van der Waals surface area (Å²) in [4.78, 5) is 45.0. The van der Waals surface area contributed by atoms with Gasteiger partial charge >= 0.3 is 5.97 Å². The van der Waals surface area contributed by atoms with E-state index in [-0.39, 0.29) is 11.8 Å². The molecule has 232 valence electrons. The molecule has 6 rings (SSSR count). The Hall–Kier alpha value is -4.76. The van der Waals surface area contributed by atoms with Crippen LogP contribution in [0.5, 0.6) is 0 Å². The number of carboxylic acid groups (broad SMARTS) is 1. The number of aromatic nitrogens is 2. The lowest BCUT2D eigenvalue weighted by molar-refractivity contribution is -0.131. The van der Waals surface area contributed by atoms with E-state index in [1.165, 1.54) is 35.6 Å². The molecule has 1 aliphatic heterocycles. The number of fused-ring (bicyclic) bond motifs is 1. The third kappa shape index (κ3) is 6.26.